The van der Waals surface area contributed by atoms with Crippen LogP contribution in [0.4, 0.5) is 10.1 Å². The van der Waals surface area contributed by atoms with Gasteiger partial charge in [0.15, 0.2) is 0 Å². The fourth-order valence-electron chi connectivity index (χ4n) is 2.30. The van der Waals surface area contributed by atoms with Crippen LogP contribution in [-0.2, 0) is 4.79 Å². The minimum Gasteiger partial charge on any atom is -0.368 e. The van der Waals surface area contributed by atoms with E-state index >= 15 is 0 Å². The van der Waals surface area contributed by atoms with Crippen LogP contribution in [-0.4, -0.2) is 5.91 Å². The highest BCUT2D eigenvalue weighted by atomic mass is 19.1. The van der Waals surface area contributed by atoms with E-state index in [0.29, 0.717) is 0 Å². The van der Waals surface area contributed by atoms with Gasteiger partial charge in [0.1, 0.15) is 11.9 Å². The molecular formula is C16H17FN2O. The average molecular weight is 272 g/mol. The summed E-state index contributed by atoms with van der Waals surface area (Å²) < 4.78 is 13.7. The van der Waals surface area contributed by atoms with Gasteiger partial charge in [-0.05, 0) is 42.7 Å². The molecule has 2 aromatic carbocycles. The molecule has 4 heteroatoms. The Hall–Kier alpha value is -2.36. The van der Waals surface area contributed by atoms with E-state index in [-0.39, 0.29) is 5.69 Å². The van der Waals surface area contributed by atoms with Crippen LogP contribution < -0.4 is 11.1 Å². The van der Waals surface area contributed by atoms with Gasteiger partial charge in [-0.25, -0.2) is 4.39 Å². The Morgan fingerprint density at radius 1 is 1.10 bits per heavy atom. The summed E-state index contributed by atoms with van der Waals surface area (Å²) in [6, 6.07) is 11.2. The van der Waals surface area contributed by atoms with Crippen molar-refractivity contribution in [2.24, 2.45) is 5.73 Å². The zero-order valence-corrected chi connectivity index (χ0v) is 11.5. The molecule has 0 aliphatic carbocycles. The van der Waals surface area contributed by atoms with Crippen LogP contribution in [0.3, 0.4) is 0 Å². The molecule has 0 spiro atoms. The summed E-state index contributed by atoms with van der Waals surface area (Å²) in [6.07, 6.45) is 0. The van der Waals surface area contributed by atoms with Crippen molar-refractivity contribution in [2.45, 2.75) is 19.9 Å². The highest BCUT2D eigenvalue weighted by molar-refractivity contribution is 5.85. The van der Waals surface area contributed by atoms with E-state index in [2.05, 4.69) is 5.32 Å². The Balaban J connectivity index is 2.43. The van der Waals surface area contributed by atoms with Gasteiger partial charge in [-0.3, -0.25) is 4.79 Å². The summed E-state index contributed by atoms with van der Waals surface area (Å²) in [7, 11) is 0. The van der Waals surface area contributed by atoms with Crippen molar-refractivity contribution in [2.75, 3.05) is 5.32 Å². The lowest BCUT2D eigenvalue weighted by Crippen LogP contribution is -2.29. The summed E-state index contributed by atoms with van der Waals surface area (Å²) in [4.78, 5) is 11.8. The molecule has 0 saturated carbocycles. The van der Waals surface area contributed by atoms with Crippen molar-refractivity contribution >= 4 is 11.6 Å². The molecule has 3 nitrogen and oxygen atoms in total. The van der Waals surface area contributed by atoms with Crippen molar-refractivity contribution in [3.05, 3.63) is 65.0 Å². The number of nitrogens with two attached hydrogens (primary N) is 1. The summed E-state index contributed by atoms with van der Waals surface area (Å²) in [5, 5.41) is 2.90. The molecule has 20 heavy (non-hydrogen) atoms. The van der Waals surface area contributed by atoms with Gasteiger partial charge in [0.2, 0.25) is 5.91 Å². The number of hydrogen-bond acceptors (Lipinski definition) is 2. The second-order valence-electron chi connectivity index (χ2n) is 4.77. The van der Waals surface area contributed by atoms with Gasteiger partial charge >= 0.3 is 0 Å². The summed E-state index contributed by atoms with van der Waals surface area (Å²) in [5.74, 6) is -0.948. The molecule has 0 fully saturated rings. The molecule has 0 heterocycles. The SMILES string of the molecule is Cc1cccc(C)c1C(Nc1ccccc1F)C(N)=O. The molecule has 0 aliphatic rings. The molecule has 104 valence electrons. The predicted octanol–water partition coefficient (Wildman–Crippen LogP) is 3.08. The molecule has 1 unspecified atom stereocenters. The number of rotatable bonds is 4. The van der Waals surface area contributed by atoms with Gasteiger partial charge in [0, 0.05) is 0 Å². The Morgan fingerprint density at radius 3 is 2.25 bits per heavy atom. The zero-order valence-electron chi connectivity index (χ0n) is 11.5. The van der Waals surface area contributed by atoms with E-state index in [4.69, 9.17) is 5.73 Å². The van der Waals surface area contributed by atoms with Crippen LogP contribution in [0, 0.1) is 19.7 Å². The highest BCUT2D eigenvalue weighted by Gasteiger charge is 2.22. The van der Waals surface area contributed by atoms with Crippen molar-refractivity contribution < 1.29 is 9.18 Å². The summed E-state index contributed by atoms with van der Waals surface area (Å²) in [5.41, 5.74) is 8.42. The molecule has 0 aliphatic heterocycles. The van der Waals surface area contributed by atoms with E-state index in [1.807, 2.05) is 32.0 Å². The van der Waals surface area contributed by atoms with E-state index in [1.54, 1.807) is 18.2 Å². The fourth-order valence-corrected chi connectivity index (χ4v) is 2.30. The van der Waals surface area contributed by atoms with Crippen LogP contribution in [0.25, 0.3) is 0 Å². The van der Waals surface area contributed by atoms with Crippen molar-refractivity contribution in [1.82, 2.24) is 0 Å². The smallest absolute Gasteiger partial charge is 0.244 e. The average Bonchev–Trinajstić information content (AvgIpc) is 2.39. The second kappa shape index (κ2) is 5.74. The van der Waals surface area contributed by atoms with Gasteiger partial charge in [0.05, 0.1) is 5.69 Å². The summed E-state index contributed by atoms with van der Waals surface area (Å²) in [6.45, 7) is 3.81. The van der Waals surface area contributed by atoms with Crippen LogP contribution in [0.5, 0.6) is 0 Å². The standard InChI is InChI=1S/C16H17FN2O/c1-10-6-5-7-11(2)14(10)15(16(18)20)19-13-9-4-3-8-12(13)17/h3-9,15,19H,1-2H3,(H2,18,20). The number of carbonyl (C=O) groups is 1. The van der Waals surface area contributed by atoms with Crippen molar-refractivity contribution in [3.8, 4) is 0 Å². The predicted molar refractivity (Wildman–Crippen MR) is 77.9 cm³/mol. The first-order valence-corrected chi connectivity index (χ1v) is 6.37. The molecule has 0 saturated heterocycles. The van der Waals surface area contributed by atoms with Gasteiger partial charge in [-0.1, -0.05) is 30.3 Å². The number of hydrogen-bond donors (Lipinski definition) is 2. The quantitative estimate of drug-likeness (QED) is 0.898. The van der Waals surface area contributed by atoms with Crippen LogP contribution in [0.2, 0.25) is 0 Å². The highest BCUT2D eigenvalue weighted by Crippen LogP contribution is 2.26. The maximum atomic E-state index is 13.7. The number of amides is 1. The topological polar surface area (TPSA) is 55.1 Å². The Bertz CT molecular complexity index is 620. The normalized spacial score (nSPS) is 11.9. The molecule has 2 aromatic rings. The number of para-hydroxylation sites is 1. The van der Waals surface area contributed by atoms with E-state index in [1.165, 1.54) is 6.07 Å². The number of carbonyl (C=O) groups excluding carboxylic acids is 1. The Labute approximate surface area is 117 Å². The monoisotopic (exact) mass is 272 g/mol. The molecule has 1 amide bonds. The number of anilines is 1. The maximum Gasteiger partial charge on any atom is 0.244 e. The lowest BCUT2D eigenvalue weighted by Gasteiger charge is -2.21. The molecule has 2 rings (SSSR count). The third-order valence-corrected chi connectivity index (χ3v) is 3.29. The first kappa shape index (κ1) is 14.1. The van der Waals surface area contributed by atoms with Gasteiger partial charge in [-0.15, -0.1) is 0 Å². The third kappa shape index (κ3) is 2.79. The molecule has 3 N–H and O–H groups in total. The first-order valence-electron chi connectivity index (χ1n) is 6.37. The third-order valence-electron chi connectivity index (χ3n) is 3.29. The summed E-state index contributed by atoms with van der Waals surface area (Å²) >= 11 is 0. The number of nitrogens with one attached hydrogen (secondary N) is 1. The second-order valence-corrected chi connectivity index (χ2v) is 4.77. The van der Waals surface area contributed by atoms with Gasteiger partial charge < -0.3 is 11.1 Å². The lowest BCUT2D eigenvalue weighted by molar-refractivity contribution is -0.118. The Kier molecular flexibility index (Phi) is 4.03. The molecular weight excluding hydrogens is 255 g/mol. The minimum atomic E-state index is -0.756. The van der Waals surface area contributed by atoms with Gasteiger partial charge in [0.25, 0.3) is 0 Å². The minimum absolute atomic E-state index is 0.263. The van der Waals surface area contributed by atoms with E-state index in [0.717, 1.165) is 16.7 Å². The Morgan fingerprint density at radius 2 is 1.70 bits per heavy atom. The van der Waals surface area contributed by atoms with Crippen molar-refractivity contribution in [3.63, 3.8) is 0 Å². The largest absolute Gasteiger partial charge is 0.368 e. The number of benzene rings is 2. The molecule has 1 atom stereocenters. The fraction of sp³-hybridized carbons (Fsp3) is 0.188. The van der Waals surface area contributed by atoms with Crippen molar-refractivity contribution in [1.29, 1.82) is 0 Å². The van der Waals surface area contributed by atoms with Gasteiger partial charge in [-0.2, -0.15) is 0 Å². The first-order chi connectivity index (χ1) is 9.50. The molecule has 0 radical (unpaired) electrons. The maximum absolute atomic E-state index is 13.7. The van der Waals surface area contributed by atoms with Crippen LogP contribution >= 0.6 is 0 Å². The molecule has 0 aromatic heterocycles. The number of aryl methyl sites for hydroxylation is 2. The number of halogens is 1. The zero-order chi connectivity index (χ0) is 14.7. The lowest BCUT2D eigenvalue weighted by atomic mass is 9.95. The van der Waals surface area contributed by atoms with E-state index < -0.39 is 17.8 Å². The van der Waals surface area contributed by atoms with Crippen LogP contribution in [0.1, 0.15) is 22.7 Å². The van der Waals surface area contributed by atoms with E-state index in [9.17, 15) is 9.18 Å². The molecule has 0 bridgehead atoms. The number of primary amides is 1. The van der Waals surface area contributed by atoms with Crippen LogP contribution in [0.15, 0.2) is 42.5 Å².